The number of hydrogen-bond donors (Lipinski definition) is 0. The van der Waals surface area contributed by atoms with Gasteiger partial charge in [0.15, 0.2) is 0 Å². The van der Waals surface area contributed by atoms with Gasteiger partial charge in [0.25, 0.3) is 0 Å². The molecule has 0 saturated carbocycles. The Balaban J connectivity index is 1.98. The smallest absolute Gasteiger partial charge is 0.0595 e. The number of hydrogen-bond acceptors (Lipinski definition) is 1. The highest BCUT2D eigenvalue weighted by atomic mass is 14.7. The molecule has 1 atom stereocenters. The van der Waals surface area contributed by atoms with Crippen molar-refractivity contribution in [1.82, 2.24) is 4.98 Å². The largest absolute Gasteiger partial charge is 0.260 e. The van der Waals surface area contributed by atoms with Crippen molar-refractivity contribution in [2.24, 2.45) is 0 Å². The van der Waals surface area contributed by atoms with Gasteiger partial charge in [-0.3, -0.25) is 4.98 Å². The van der Waals surface area contributed by atoms with E-state index in [9.17, 15) is 0 Å². The molecule has 24 heavy (non-hydrogen) atoms. The Bertz CT molecular complexity index is 919. The summed E-state index contributed by atoms with van der Waals surface area (Å²) in [5, 5.41) is 2.52. The monoisotopic (exact) mass is 309 g/mol. The maximum absolute atomic E-state index is 4.68. The van der Waals surface area contributed by atoms with Gasteiger partial charge in [-0.05, 0) is 47.0 Å². The lowest BCUT2D eigenvalue weighted by Crippen LogP contribution is -2.26. The molecule has 0 saturated heterocycles. The Morgan fingerprint density at radius 1 is 0.625 bits per heavy atom. The predicted molar refractivity (Wildman–Crippen MR) is 100 cm³/mol. The first-order valence-corrected chi connectivity index (χ1v) is 8.25. The fourth-order valence-electron chi connectivity index (χ4n) is 3.39. The fraction of sp³-hybridized carbons (Fsp3) is 0.0870. The van der Waals surface area contributed by atoms with Gasteiger partial charge >= 0.3 is 0 Å². The average molecular weight is 309 g/mol. The number of pyridine rings is 1. The first kappa shape index (κ1) is 14.6. The van der Waals surface area contributed by atoms with Gasteiger partial charge in [-0.15, -0.1) is 0 Å². The van der Waals surface area contributed by atoms with E-state index in [1.807, 2.05) is 12.3 Å². The SMILES string of the molecule is CC(c1ccccc1)(c1ccc2ccccc2c1)c1ccccn1. The summed E-state index contributed by atoms with van der Waals surface area (Å²) >= 11 is 0. The molecule has 116 valence electrons. The first-order chi connectivity index (χ1) is 11.8. The van der Waals surface area contributed by atoms with Crippen molar-refractivity contribution >= 4 is 10.8 Å². The maximum Gasteiger partial charge on any atom is 0.0595 e. The van der Waals surface area contributed by atoms with Crippen molar-refractivity contribution < 1.29 is 0 Å². The van der Waals surface area contributed by atoms with Crippen LogP contribution in [0.4, 0.5) is 0 Å². The zero-order valence-electron chi connectivity index (χ0n) is 13.7. The normalized spacial score (nSPS) is 13.5. The maximum atomic E-state index is 4.68. The first-order valence-electron chi connectivity index (χ1n) is 8.25. The topological polar surface area (TPSA) is 12.9 Å². The van der Waals surface area contributed by atoms with Crippen LogP contribution in [0.3, 0.4) is 0 Å². The van der Waals surface area contributed by atoms with Crippen molar-refractivity contribution in [2.75, 3.05) is 0 Å². The molecule has 4 aromatic rings. The zero-order chi connectivity index (χ0) is 16.4. The van der Waals surface area contributed by atoms with Crippen molar-refractivity contribution in [3.63, 3.8) is 0 Å². The second kappa shape index (κ2) is 5.93. The third-order valence-electron chi connectivity index (χ3n) is 4.86. The minimum atomic E-state index is -0.285. The van der Waals surface area contributed by atoms with Crippen molar-refractivity contribution in [1.29, 1.82) is 0 Å². The summed E-state index contributed by atoms with van der Waals surface area (Å²) in [5.41, 5.74) is 3.28. The zero-order valence-corrected chi connectivity index (χ0v) is 13.7. The van der Waals surface area contributed by atoms with Crippen LogP contribution in [0.5, 0.6) is 0 Å². The molecule has 1 heterocycles. The van der Waals surface area contributed by atoms with E-state index in [0.29, 0.717) is 0 Å². The van der Waals surface area contributed by atoms with Crippen LogP contribution in [0.25, 0.3) is 10.8 Å². The van der Waals surface area contributed by atoms with Crippen LogP contribution >= 0.6 is 0 Å². The predicted octanol–water partition coefficient (Wildman–Crippen LogP) is 5.59. The van der Waals surface area contributed by atoms with E-state index < -0.39 is 0 Å². The van der Waals surface area contributed by atoms with Crippen LogP contribution in [0.1, 0.15) is 23.7 Å². The van der Waals surface area contributed by atoms with E-state index >= 15 is 0 Å². The van der Waals surface area contributed by atoms with Gasteiger partial charge in [0.1, 0.15) is 0 Å². The van der Waals surface area contributed by atoms with E-state index in [4.69, 9.17) is 0 Å². The summed E-state index contributed by atoms with van der Waals surface area (Å²) in [6.07, 6.45) is 1.87. The molecule has 0 aliphatic heterocycles. The molecule has 0 radical (unpaired) electrons. The van der Waals surface area contributed by atoms with Crippen molar-refractivity contribution in [3.8, 4) is 0 Å². The molecular formula is C23H19N. The quantitative estimate of drug-likeness (QED) is 0.481. The summed E-state index contributed by atoms with van der Waals surface area (Å²) in [4.78, 5) is 4.68. The van der Waals surface area contributed by atoms with Gasteiger partial charge in [-0.2, -0.15) is 0 Å². The van der Waals surface area contributed by atoms with Crippen molar-refractivity contribution in [3.05, 3.63) is 114 Å². The Kier molecular flexibility index (Phi) is 3.62. The average Bonchev–Trinajstić information content (AvgIpc) is 2.68. The molecule has 0 aliphatic carbocycles. The molecule has 0 aliphatic rings. The van der Waals surface area contributed by atoms with Crippen LogP contribution in [0, 0.1) is 0 Å². The van der Waals surface area contributed by atoms with Crippen LogP contribution in [-0.4, -0.2) is 4.98 Å². The third-order valence-corrected chi connectivity index (χ3v) is 4.86. The summed E-state index contributed by atoms with van der Waals surface area (Å²) in [5.74, 6) is 0. The molecule has 0 bridgehead atoms. The molecule has 1 aromatic heterocycles. The molecule has 0 amide bonds. The highest BCUT2D eigenvalue weighted by Gasteiger charge is 2.32. The van der Waals surface area contributed by atoms with E-state index in [1.165, 1.54) is 21.9 Å². The molecule has 3 aromatic carbocycles. The molecule has 4 rings (SSSR count). The Morgan fingerprint density at radius 3 is 2.08 bits per heavy atom. The lowest BCUT2D eigenvalue weighted by Gasteiger charge is -2.31. The Hall–Kier alpha value is -2.93. The number of fused-ring (bicyclic) bond motifs is 1. The number of rotatable bonds is 3. The lowest BCUT2D eigenvalue weighted by atomic mass is 9.73. The lowest BCUT2D eigenvalue weighted by molar-refractivity contribution is 0.666. The number of aromatic nitrogens is 1. The second-order valence-electron chi connectivity index (χ2n) is 6.27. The molecule has 0 fully saturated rings. The molecular weight excluding hydrogens is 290 g/mol. The Morgan fingerprint density at radius 2 is 1.33 bits per heavy atom. The fourth-order valence-corrected chi connectivity index (χ4v) is 3.39. The van der Waals surface area contributed by atoms with Crippen LogP contribution in [0.2, 0.25) is 0 Å². The molecule has 1 unspecified atom stereocenters. The minimum Gasteiger partial charge on any atom is -0.260 e. The molecule has 1 heteroatoms. The van der Waals surface area contributed by atoms with E-state index in [0.717, 1.165) is 5.69 Å². The highest BCUT2D eigenvalue weighted by Crippen LogP contribution is 2.38. The summed E-state index contributed by atoms with van der Waals surface area (Å²) in [6, 6.07) is 32.0. The van der Waals surface area contributed by atoms with E-state index in [-0.39, 0.29) is 5.41 Å². The minimum absolute atomic E-state index is 0.285. The standard InChI is InChI=1S/C23H19N/c1-23(20-11-3-2-4-12-20,22-13-7-8-16-24-22)21-15-14-18-9-5-6-10-19(18)17-21/h2-17H,1H3. The van der Waals surface area contributed by atoms with Gasteiger partial charge in [-0.25, -0.2) is 0 Å². The van der Waals surface area contributed by atoms with Gasteiger partial charge in [0, 0.05) is 6.20 Å². The third kappa shape index (κ3) is 2.39. The van der Waals surface area contributed by atoms with Crippen LogP contribution < -0.4 is 0 Å². The van der Waals surface area contributed by atoms with Gasteiger partial charge in [-0.1, -0.05) is 72.8 Å². The van der Waals surface area contributed by atoms with E-state index in [1.54, 1.807) is 0 Å². The van der Waals surface area contributed by atoms with E-state index in [2.05, 4.69) is 96.8 Å². The summed E-state index contributed by atoms with van der Waals surface area (Å²) in [6.45, 7) is 2.26. The highest BCUT2D eigenvalue weighted by molar-refractivity contribution is 5.83. The number of benzene rings is 3. The molecule has 0 N–H and O–H groups in total. The number of nitrogens with zero attached hydrogens (tertiary/aromatic N) is 1. The van der Waals surface area contributed by atoms with Gasteiger partial charge in [0.2, 0.25) is 0 Å². The molecule has 1 nitrogen and oxygen atoms in total. The van der Waals surface area contributed by atoms with Crippen LogP contribution in [0.15, 0.2) is 97.2 Å². The van der Waals surface area contributed by atoms with Gasteiger partial charge in [0.05, 0.1) is 11.1 Å². The summed E-state index contributed by atoms with van der Waals surface area (Å²) < 4.78 is 0. The van der Waals surface area contributed by atoms with Gasteiger partial charge < -0.3 is 0 Å². The van der Waals surface area contributed by atoms with Crippen LogP contribution in [-0.2, 0) is 5.41 Å². The molecule has 0 spiro atoms. The van der Waals surface area contributed by atoms with Crippen molar-refractivity contribution in [2.45, 2.75) is 12.3 Å². The summed E-state index contributed by atoms with van der Waals surface area (Å²) in [7, 11) is 0. The Labute approximate surface area is 142 Å². The second-order valence-corrected chi connectivity index (χ2v) is 6.27.